The first-order chi connectivity index (χ1) is 8.15. The zero-order valence-corrected chi connectivity index (χ0v) is 11.7. The minimum Gasteiger partial charge on any atom is -0.496 e. The molecule has 3 nitrogen and oxygen atoms in total. The summed E-state index contributed by atoms with van der Waals surface area (Å²) in [5.41, 5.74) is 2.05. The Bertz CT molecular complexity index is 601. The number of nitrogens with zero attached hydrogens (tertiary/aromatic N) is 2. The molecule has 0 radical (unpaired) electrons. The molecule has 0 unspecified atom stereocenters. The fourth-order valence-electron chi connectivity index (χ4n) is 1.47. The van der Waals surface area contributed by atoms with Gasteiger partial charge >= 0.3 is 0 Å². The number of aromatic nitrogens is 1. The normalized spacial score (nSPS) is 10.0. The number of halogens is 1. The fraction of sp³-hybridized carbons (Fsp3) is 0.167. The number of thiazole rings is 1. The van der Waals surface area contributed by atoms with E-state index in [1.54, 1.807) is 7.11 Å². The van der Waals surface area contributed by atoms with Crippen LogP contribution in [0.1, 0.15) is 10.4 Å². The van der Waals surface area contributed by atoms with Gasteiger partial charge in [-0.3, -0.25) is 0 Å². The maximum Gasteiger partial charge on any atom is 0.139 e. The molecule has 86 valence electrons. The van der Waals surface area contributed by atoms with E-state index < -0.39 is 0 Å². The average Bonchev–Trinajstić information content (AvgIpc) is 2.70. The maximum atomic E-state index is 8.92. The molecule has 0 amide bonds. The lowest BCUT2D eigenvalue weighted by atomic mass is 10.1. The summed E-state index contributed by atoms with van der Waals surface area (Å²) >= 11 is 4.63. The predicted molar refractivity (Wildman–Crippen MR) is 71.3 cm³/mol. The van der Waals surface area contributed by atoms with Gasteiger partial charge in [0.2, 0.25) is 0 Å². The van der Waals surface area contributed by atoms with Gasteiger partial charge in [-0.05, 0) is 35.0 Å². The van der Waals surface area contributed by atoms with E-state index in [0.29, 0.717) is 9.48 Å². The Kier molecular flexibility index (Phi) is 3.46. The quantitative estimate of drug-likeness (QED) is 0.848. The molecular weight excluding hydrogens is 300 g/mol. The Labute approximate surface area is 112 Å². The molecule has 0 bridgehead atoms. The maximum absolute atomic E-state index is 8.92. The Morgan fingerprint density at radius 3 is 2.82 bits per heavy atom. The zero-order valence-electron chi connectivity index (χ0n) is 9.32. The Morgan fingerprint density at radius 2 is 2.24 bits per heavy atom. The lowest BCUT2D eigenvalue weighted by Gasteiger charge is -2.06. The number of hydrogen-bond donors (Lipinski definition) is 0. The second-order valence-electron chi connectivity index (χ2n) is 3.45. The highest BCUT2D eigenvalue weighted by molar-refractivity contribution is 9.10. The summed E-state index contributed by atoms with van der Waals surface area (Å²) < 4.78 is 5.89. The molecule has 5 heteroatoms. The number of aryl methyl sites for hydroxylation is 1. The number of benzene rings is 1. The SMILES string of the molecule is COc1ccc(C)cc1-c1nc(Br)c(C#N)s1. The third kappa shape index (κ3) is 2.33. The number of rotatable bonds is 2. The van der Waals surface area contributed by atoms with Gasteiger partial charge < -0.3 is 4.74 Å². The molecule has 0 saturated carbocycles. The molecule has 0 aliphatic heterocycles. The van der Waals surface area contributed by atoms with Gasteiger partial charge in [0.25, 0.3) is 0 Å². The summed E-state index contributed by atoms with van der Waals surface area (Å²) in [5.74, 6) is 0.765. The summed E-state index contributed by atoms with van der Waals surface area (Å²) in [6.45, 7) is 2.01. The summed E-state index contributed by atoms with van der Waals surface area (Å²) in [6.07, 6.45) is 0. The number of hydrogen-bond acceptors (Lipinski definition) is 4. The Hall–Kier alpha value is -1.38. The highest BCUT2D eigenvalue weighted by Crippen LogP contribution is 2.36. The predicted octanol–water partition coefficient (Wildman–Crippen LogP) is 3.76. The fourth-order valence-corrected chi connectivity index (χ4v) is 2.88. The minimum absolute atomic E-state index is 0.573. The van der Waals surface area contributed by atoms with Crippen LogP contribution in [-0.2, 0) is 0 Å². The number of nitriles is 1. The van der Waals surface area contributed by atoms with Crippen molar-refractivity contribution in [3.63, 3.8) is 0 Å². The second-order valence-corrected chi connectivity index (χ2v) is 5.20. The minimum atomic E-state index is 0.573. The van der Waals surface area contributed by atoms with Crippen LogP contribution in [0.3, 0.4) is 0 Å². The van der Waals surface area contributed by atoms with Gasteiger partial charge in [-0.15, -0.1) is 11.3 Å². The van der Waals surface area contributed by atoms with Crippen LogP contribution in [0.15, 0.2) is 22.8 Å². The van der Waals surface area contributed by atoms with Crippen LogP contribution in [0.25, 0.3) is 10.6 Å². The molecule has 0 aliphatic carbocycles. The van der Waals surface area contributed by atoms with Gasteiger partial charge in [0.05, 0.1) is 12.7 Å². The van der Waals surface area contributed by atoms with Gasteiger partial charge in [-0.1, -0.05) is 11.6 Å². The molecule has 0 fully saturated rings. The molecule has 1 aromatic heterocycles. The summed E-state index contributed by atoms with van der Waals surface area (Å²) in [7, 11) is 1.63. The van der Waals surface area contributed by atoms with Crippen molar-refractivity contribution in [2.45, 2.75) is 6.92 Å². The second kappa shape index (κ2) is 4.86. The van der Waals surface area contributed by atoms with Crippen molar-refractivity contribution in [1.29, 1.82) is 5.26 Å². The molecule has 1 aromatic carbocycles. The van der Waals surface area contributed by atoms with Gasteiger partial charge in [0.15, 0.2) is 0 Å². The molecule has 1 heterocycles. The molecule has 0 spiro atoms. The van der Waals surface area contributed by atoms with E-state index in [9.17, 15) is 0 Å². The highest BCUT2D eigenvalue weighted by atomic mass is 79.9. The van der Waals surface area contributed by atoms with Crippen LogP contribution >= 0.6 is 27.3 Å². The van der Waals surface area contributed by atoms with E-state index >= 15 is 0 Å². The standard InChI is InChI=1S/C12H9BrN2OS/c1-7-3-4-9(16-2)8(5-7)12-15-11(13)10(6-14)17-12/h3-5H,1-2H3. The molecule has 17 heavy (non-hydrogen) atoms. The van der Waals surface area contributed by atoms with Crippen LogP contribution in [-0.4, -0.2) is 12.1 Å². The Morgan fingerprint density at radius 1 is 1.47 bits per heavy atom. The average molecular weight is 309 g/mol. The van der Waals surface area contributed by atoms with E-state index in [1.807, 2.05) is 25.1 Å². The third-order valence-electron chi connectivity index (χ3n) is 2.27. The molecule has 0 atom stereocenters. The van der Waals surface area contributed by atoms with E-state index in [2.05, 4.69) is 27.0 Å². The van der Waals surface area contributed by atoms with E-state index in [-0.39, 0.29) is 0 Å². The van der Waals surface area contributed by atoms with E-state index in [4.69, 9.17) is 10.00 Å². The molecular formula is C12H9BrN2OS. The van der Waals surface area contributed by atoms with Crippen molar-refractivity contribution in [3.05, 3.63) is 33.2 Å². The highest BCUT2D eigenvalue weighted by Gasteiger charge is 2.14. The number of ether oxygens (including phenoxy) is 1. The van der Waals surface area contributed by atoms with Crippen LogP contribution in [0.4, 0.5) is 0 Å². The van der Waals surface area contributed by atoms with Crippen molar-refractivity contribution in [1.82, 2.24) is 4.98 Å². The smallest absolute Gasteiger partial charge is 0.139 e. The van der Waals surface area contributed by atoms with Crippen molar-refractivity contribution in [3.8, 4) is 22.4 Å². The Balaban J connectivity index is 2.59. The van der Waals surface area contributed by atoms with Crippen molar-refractivity contribution in [2.75, 3.05) is 7.11 Å². The number of methoxy groups -OCH3 is 1. The molecule has 2 rings (SSSR count). The summed E-state index contributed by atoms with van der Waals surface area (Å²) in [6, 6.07) is 8.00. The van der Waals surface area contributed by atoms with Crippen LogP contribution < -0.4 is 4.74 Å². The zero-order chi connectivity index (χ0) is 12.4. The van der Waals surface area contributed by atoms with Crippen molar-refractivity contribution >= 4 is 27.3 Å². The first kappa shape index (κ1) is 12.1. The van der Waals surface area contributed by atoms with Crippen molar-refractivity contribution in [2.24, 2.45) is 0 Å². The summed E-state index contributed by atoms with van der Waals surface area (Å²) in [4.78, 5) is 4.91. The molecule has 0 N–H and O–H groups in total. The van der Waals surface area contributed by atoms with Gasteiger partial charge in [0, 0.05) is 0 Å². The van der Waals surface area contributed by atoms with E-state index in [0.717, 1.165) is 21.9 Å². The molecule has 2 aromatic rings. The topological polar surface area (TPSA) is 45.9 Å². The summed E-state index contributed by atoms with van der Waals surface area (Å²) in [5, 5.41) is 9.71. The van der Waals surface area contributed by atoms with Gasteiger partial charge in [0.1, 0.15) is 26.3 Å². The monoisotopic (exact) mass is 308 g/mol. The first-order valence-electron chi connectivity index (χ1n) is 4.87. The lowest BCUT2D eigenvalue weighted by molar-refractivity contribution is 0.416. The first-order valence-corrected chi connectivity index (χ1v) is 6.48. The van der Waals surface area contributed by atoms with Crippen LogP contribution in [0, 0.1) is 18.3 Å². The molecule has 0 saturated heterocycles. The van der Waals surface area contributed by atoms with Crippen molar-refractivity contribution < 1.29 is 4.74 Å². The third-order valence-corrected chi connectivity index (χ3v) is 4.10. The van der Waals surface area contributed by atoms with Gasteiger partial charge in [-0.25, -0.2) is 4.98 Å². The van der Waals surface area contributed by atoms with Gasteiger partial charge in [-0.2, -0.15) is 5.26 Å². The lowest BCUT2D eigenvalue weighted by Crippen LogP contribution is -1.88. The van der Waals surface area contributed by atoms with E-state index in [1.165, 1.54) is 11.3 Å². The van der Waals surface area contributed by atoms with Crippen LogP contribution in [0.5, 0.6) is 5.75 Å². The molecule has 0 aliphatic rings. The largest absolute Gasteiger partial charge is 0.496 e. The van der Waals surface area contributed by atoms with Crippen LogP contribution in [0.2, 0.25) is 0 Å².